The Morgan fingerprint density at radius 3 is 2.35 bits per heavy atom. The molecule has 0 aliphatic carbocycles. The van der Waals surface area contributed by atoms with Crippen molar-refractivity contribution in [2.24, 2.45) is 0 Å². The maximum absolute atomic E-state index is 10.2. The lowest BCUT2D eigenvalue weighted by molar-refractivity contribution is 0.0942. The van der Waals surface area contributed by atoms with E-state index in [4.69, 9.17) is 4.74 Å². The Bertz CT molecular complexity index is 648. The number of benzene rings is 2. The molecule has 0 bridgehead atoms. The first-order chi connectivity index (χ1) is 10.1. The van der Waals surface area contributed by atoms with Gasteiger partial charge in [0.25, 0.3) is 0 Å². The van der Waals surface area contributed by atoms with E-state index in [1.54, 1.807) is 19.2 Å². The molecular formula is C17H22ClNO4. The third kappa shape index (κ3) is 3.59. The largest absolute Gasteiger partial charge is 0.508 e. The van der Waals surface area contributed by atoms with Crippen molar-refractivity contribution in [2.75, 3.05) is 20.7 Å². The lowest BCUT2D eigenvalue weighted by Crippen LogP contribution is -2.35. The van der Waals surface area contributed by atoms with E-state index >= 15 is 0 Å². The van der Waals surface area contributed by atoms with Gasteiger partial charge in [0.15, 0.2) is 0 Å². The highest BCUT2D eigenvalue weighted by Crippen LogP contribution is 2.39. The molecule has 0 aromatic heterocycles. The number of likely N-dealkylation sites (N-methyl/N-ethyl adjacent to an activating group) is 1. The molecule has 1 heterocycles. The molecule has 1 aliphatic rings. The summed E-state index contributed by atoms with van der Waals surface area (Å²) in [7, 11) is 3.64. The fourth-order valence-electron chi connectivity index (χ4n) is 3.03. The van der Waals surface area contributed by atoms with Crippen molar-refractivity contribution in [3.05, 3.63) is 59.2 Å². The maximum Gasteiger partial charge on any atom is 0.118 e. The fraction of sp³-hybridized carbons (Fsp3) is 0.294. The third-order valence-corrected chi connectivity index (χ3v) is 4.06. The summed E-state index contributed by atoms with van der Waals surface area (Å²) < 4.78 is 5.20. The number of phenolic OH excluding ortho intramolecular Hbond substituents is 1. The minimum Gasteiger partial charge on any atom is -0.508 e. The molecule has 5 nitrogen and oxygen atoms in total. The van der Waals surface area contributed by atoms with Crippen LogP contribution in [-0.4, -0.2) is 41.3 Å². The Morgan fingerprint density at radius 1 is 1.09 bits per heavy atom. The highest BCUT2D eigenvalue weighted by atomic mass is 35.5. The molecule has 2 aromatic carbocycles. The quantitative estimate of drug-likeness (QED) is 0.877. The number of hydrogen-bond acceptors (Lipinski definition) is 4. The van der Waals surface area contributed by atoms with E-state index in [0.29, 0.717) is 6.54 Å². The van der Waals surface area contributed by atoms with Gasteiger partial charge in [-0.25, -0.2) is 0 Å². The van der Waals surface area contributed by atoms with Crippen molar-refractivity contribution >= 4 is 12.4 Å². The molecule has 3 rings (SSSR count). The summed E-state index contributed by atoms with van der Waals surface area (Å²) in [6, 6.07) is 13.2. The van der Waals surface area contributed by atoms with Crippen LogP contribution in [0, 0.1) is 0 Å². The van der Waals surface area contributed by atoms with Gasteiger partial charge < -0.3 is 20.4 Å². The second-order valence-electron chi connectivity index (χ2n) is 5.44. The zero-order chi connectivity index (χ0) is 15.0. The smallest absolute Gasteiger partial charge is 0.118 e. The monoisotopic (exact) mass is 339 g/mol. The van der Waals surface area contributed by atoms with Crippen LogP contribution in [0.2, 0.25) is 0 Å². The Hall–Kier alpha value is -1.79. The van der Waals surface area contributed by atoms with Crippen molar-refractivity contribution in [2.45, 2.75) is 12.1 Å². The first-order valence-electron chi connectivity index (χ1n) is 6.95. The molecule has 126 valence electrons. The number of nitrogens with zero attached hydrogens (tertiary/aromatic N) is 1. The highest BCUT2D eigenvalue weighted by molar-refractivity contribution is 5.85. The molecule has 2 atom stereocenters. The predicted octanol–water partition coefficient (Wildman–Crippen LogP) is 2.07. The first kappa shape index (κ1) is 19.3. The van der Waals surface area contributed by atoms with E-state index in [1.165, 1.54) is 0 Å². The summed E-state index contributed by atoms with van der Waals surface area (Å²) in [5.74, 6) is 1.01. The summed E-state index contributed by atoms with van der Waals surface area (Å²) in [6.07, 6.45) is -0.577. The summed E-state index contributed by atoms with van der Waals surface area (Å²) >= 11 is 0. The molecule has 0 saturated heterocycles. The van der Waals surface area contributed by atoms with Gasteiger partial charge in [-0.15, -0.1) is 12.4 Å². The van der Waals surface area contributed by atoms with Gasteiger partial charge in [-0.2, -0.15) is 0 Å². The molecule has 23 heavy (non-hydrogen) atoms. The number of rotatable bonds is 2. The van der Waals surface area contributed by atoms with E-state index in [-0.39, 0.29) is 29.7 Å². The number of ether oxygens (including phenoxy) is 1. The Balaban J connectivity index is 0.00000132. The Kier molecular flexibility index (Phi) is 6.41. The molecular weight excluding hydrogens is 318 g/mol. The number of phenols is 1. The number of hydrogen-bond donors (Lipinski definition) is 2. The van der Waals surface area contributed by atoms with Crippen LogP contribution < -0.4 is 4.74 Å². The van der Waals surface area contributed by atoms with Gasteiger partial charge in [-0.05, 0) is 48.0 Å². The summed E-state index contributed by atoms with van der Waals surface area (Å²) in [4.78, 5) is 2.12. The third-order valence-electron chi connectivity index (χ3n) is 4.06. The molecule has 2 unspecified atom stereocenters. The van der Waals surface area contributed by atoms with Crippen LogP contribution in [-0.2, 0) is 0 Å². The van der Waals surface area contributed by atoms with Crippen LogP contribution >= 0.6 is 12.4 Å². The van der Waals surface area contributed by atoms with Crippen molar-refractivity contribution in [3.8, 4) is 11.5 Å². The second kappa shape index (κ2) is 7.66. The van der Waals surface area contributed by atoms with E-state index in [0.717, 1.165) is 22.4 Å². The normalized spacial score (nSPS) is 20.0. The molecule has 0 saturated carbocycles. The van der Waals surface area contributed by atoms with Gasteiger partial charge in [0, 0.05) is 6.54 Å². The number of aliphatic hydroxyl groups is 1. The van der Waals surface area contributed by atoms with Crippen LogP contribution in [0.15, 0.2) is 42.5 Å². The van der Waals surface area contributed by atoms with Crippen LogP contribution in [0.5, 0.6) is 11.5 Å². The topological polar surface area (TPSA) is 84.4 Å². The lowest BCUT2D eigenvalue weighted by Gasteiger charge is -2.37. The lowest BCUT2D eigenvalue weighted by atomic mass is 9.87. The summed E-state index contributed by atoms with van der Waals surface area (Å²) in [6.45, 7) is 0.535. The van der Waals surface area contributed by atoms with Crippen molar-refractivity contribution in [1.82, 2.24) is 4.90 Å². The SMILES string of the molecule is COc1ccc(C2c3ccc(O)cc3C(O)CN2C)cc1.Cl.O. The van der Waals surface area contributed by atoms with E-state index in [1.807, 2.05) is 37.4 Å². The number of methoxy groups -OCH3 is 1. The minimum absolute atomic E-state index is 0. The van der Waals surface area contributed by atoms with Gasteiger partial charge in [0.1, 0.15) is 11.5 Å². The number of fused-ring (bicyclic) bond motifs is 1. The molecule has 2 aromatic rings. The molecule has 0 radical (unpaired) electrons. The molecule has 0 amide bonds. The van der Waals surface area contributed by atoms with Crippen molar-refractivity contribution in [1.29, 1.82) is 0 Å². The fourth-order valence-corrected chi connectivity index (χ4v) is 3.03. The maximum atomic E-state index is 10.2. The average molecular weight is 340 g/mol. The Labute approximate surface area is 141 Å². The first-order valence-corrected chi connectivity index (χ1v) is 6.95. The van der Waals surface area contributed by atoms with Gasteiger partial charge >= 0.3 is 0 Å². The van der Waals surface area contributed by atoms with Crippen molar-refractivity contribution in [3.63, 3.8) is 0 Å². The summed E-state index contributed by atoms with van der Waals surface area (Å²) in [5, 5.41) is 19.9. The molecule has 1 aliphatic heterocycles. The molecule has 0 fully saturated rings. The molecule has 4 N–H and O–H groups in total. The molecule has 6 heteroatoms. The zero-order valence-corrected chi connectivity index (χ0v) is 13.9. The zero-order valence-electron chi connectivity index (χ0n) is 13.1. The summed E-state index contributed by atoms with van der Waals surface area (Å²) in [5.41, 5.74) is 2.96. The van der Waals surface area contributed by atoms with Gasteiger partial charge in [-0.1, -0.05) is 18.2 Å². The number of halogens is 1. The number of β-amino-alcohol motifs (C(OH)–C–C–N with tert-alkyl or cyclic N) is 1. The second-order valence-corrected chi connectivity index (χ2v) is 5.44. The van der Waals surface area contributed by atoms with Crippen molar-refractivity contribution < 1.29 is 20.4 Å². The van der Waals surface area contributed by atoms with E-state index in [2.05, 4.69) is 4.90 Å². The van der Waals surface area contributed by atoms with Crippen LogP contribution in [0.1, 0.15) is 28.8 Å². The van der Waals surface area contributed by atoms with E-state index < -0.39 is 6.10 Å². The minimum atomic E-state index is -0.577. The van der Waals surface area contributed by atoms with Gasteiger partial charge in [0.2, 0.25) is 0 Å². The Morgan fingerprint density at radius 2 is 1.74 bits per heavy atom. The number of aromatic hydroxyl groups is 1. The standard InChI is InChI=1S/C17H19NO3.ClH.H2O/c1-18-10-16(20)15-9-12(19)5-8-14(15)17(18)11-3-6-13(21-2)7-4-11;;/h3-9,16-17,19-20H,10H2,1-2H3;1H;1H2. The van der Waals surface area contributed by atoms with Gasteiger partial charge in [-0.3, -0.25) is 4.90 Å². The number of aliphatic hydroxyl groups excluding tert-OH is 1. The van der Waals surface area contributed by atoms with E-state index in [9.17, 15) is 10.2 Å². The van der Waals surface area contributed by atoms with Crippen LogP contribution in [0.25, 0.3) is 0 Å². The highest BCUT2D eigenvalue weighted by Gasteiger charge is 2.31. The average Bonchev–Trinajstić information content (AvgIpc) is 2.48. The van der Waals surface area contributed by atoms with Gasteiger partial charge in [0.05, 0.1) is 19.3 Å². The van der Waals surface area contributed by atoms with Crippen LogP contribution in [0.3, 0.4) is 0 Å². The molecule has 0 spiro atoms. The van der Waals surface area contributed by atoms with Crippen LogP contribution in [0.4, 0.5) is 0 Å². The predicted molar refractivity (Wildman–Crippen MR) is 91.4 cm³/mol.